The van der Waals surface area contributed by atoms with Gasteiger partial charge < -0.3 is 4.74 Å². The van der Waals surface area contributed by atoms with Crippen LogP contribution in [0.1, 0.15) is 24.8 Å². The highest BCUT2D eigenvalue weighted by molar-refractivity contribution is 4.94. The Morgan fingerprint density at radius 3 is 2.94 bits per heavy atom. The molecular weight excluding hydrogens is 220 g/mol. The summed E-state index contributed by atoms with van der Waals surface area (Å²) in [5.41, 5.74) is -0.522. The van der Waals surface area contributed by atoms with Gasteiger partial charge in [-0.05, 0) is 12.8 Å². The zero-order valence-corrected chi connectivity index (χ0v) is 8.90. The zero-order chi connectivity index (χ0) is 11.7. The van der Waals surface area contributed by atoms with Gasteiger partial charge in [0.05, 0.1) is 0 Å². The fraction of sp³-hybridized carbons (Fsp3) is 0.778. The van der Waals surface area contributed by atoms with Crippen molar-refractivity contribution in [2.75, 3.05) is 6.61 Å². The third-order valence-corrected chi connectivity index (χ3v) is 2.60. The largest absolute Gasteiger partial charge is 0.370 e. The second-order valence-electron chi connectivity index (χ2n) is 3.77. The summed E-state index contributed by atoms with van der Waals surface area (Å²) in [6.45, 7) is -0.0417. The quantitative estimate of drug-likeness (QED) is 0.772. The average Bonchev–Trinajstić information content (AvgIpc) is 2.81. The molecule has 1 atom stereocenters. The molecule has 2 heterocycles. The third kappa shape index (κ3) is 1.99. The predicted octanol–water partition coefficient (Wildman–Crippen LogP) is 0.698. The Morgan fingerprint density at radius 1 is 1.62 bits per heavy atom. The first-order valence-electron chi connectivity index (χ1n) is 5.13. The summed E-state index contributed by atoms with van der Waals surface area (Å²) in [5, 5.41) is 3.89. The van der Waals surface area contributed by atoms with Gasteiger partial charge in [-0.2, -0.15) is 5.10 Å². The van der Waals surface area contributed by atoms with Gasteiger partial charge in [0.15, 0.2) is 5.82 Å². The van der Waals surface area contributed by atoms with E-state index in [2.05, 4.69) is 5.10 Å². The summed E-state index contributed by atoms with van der Waals surface area (Å²) in [5.74, 6) is 0.433. The van der Waals surface area contributed by atoms with Gasteiger partial charge >= 0.3 is 5.69 Å². The van der Waals surface area contributed by atoms with Crippen LogP contribution in [-0.4, -0.2) is 27.4 Å². The molecule has 1 aliphatic rings. The van der Waals surface area contributed by atoms with Gasteiger partial charge in [0.25, 0.3) is 6.43 Å². The van der Waals surface area contributed by atoms with Crippen LogP contribution in [0.25, 0.3) is 0 Å². The van der Waals surface area contributed by atoms with E-state index in [0.717, 1.165) is 17.5 Å². The number of halogens is 2. The van der Waals surface area contributed by atoms with E-state index in [9.17, 15) is 13.6 Å². The van der Waals surface area contributed by atoms with E-state index in [4.69, 9.17) is 4.74 Å². The fourth-order valence-corrected chi connectivity index (χ4v) is 1.82. The van der Waals surface area contributed by atoms with E-state index >= 15 is 0 Å². The van der Waals surface area contributed by atoms with E-state index in [1.54, 1.807) is 0 Å². The van der Waals surface area contributed by atoms with Crippen LogP contribution in [0.4, 0.5) is 8.78 Å². The number of hydrogen-bond donors (Lipinski definition) is 0. The van der Waals surface area contributed by atoms with Gasteiger partial charge in [-0.25, -0.2) is 18.3 Å². The number of alkyl halides is 2. The molecule has 5 nitrogen and oxygen atoms in total. The highest BCUT2D eigenvalue weighted by Gasteiger charge is 2.25. The molecule has 0 aromatic carbocycles. The van der Waals surface area contributed by atoms with Crippen LogP contribution in [0.2, 0.25) is 0 Å². The molecule has 0 amide bonds. The highest BCUT2D eigenvalue weighted by Crippen LogP contribution is 2.25. The molecule has 1 aliphatic heterocycles. The Bertz CT molecular complexity index is 421. The first kappa shape index (κ1) is 11.3. The normalized spacial score (nSPS) is 20.9. The molecule has 1 fully saturated rings. The molecule has 16 heavy (non-hydrogen) atoms. The molecule has 0 aliphatic carbocycles. The number of nitrogens with zero attached hydrogens (tertiary/aromatic N) is 3. The van der Waals surface area contributed by atoms with Crippen molar-refractivity contribution >= 4 is 0 Å². The highest BCUT2D eigenvalue weighted by atomic mass is 19.3. The Kier molecular flexibility index (Phi) is 3.04. The summed E-state index contributed by atoms with van der Waals surface area (Å²) in [6.07, 6.45) is -1.14. The number of rotatable bonds is 3. The van der Waals surface area contributed by atoms with E-state index in [0.29, 0.717) is 12.4 Å². The van der Waals surface area contributed by atoms with Crippen molar-refractivity contribution in [2.45, 2.75) is 31.9 Å². The molecule has 0 radical (unpaired) electrons. The maximum Gasteiger partial charge on any atom is 0.345 e. The zero-order valence-electron chi connectivity index (χ0n) is 8.90. The van der Waals surface area contributed by atoms with Crippen molar-refractivity contribution in [3.8, 4) is 0 Å². The van der Waals surface area contributed by atoms with Crippen LogP contribution in [0.5, 0.6) is 0 Å². The van der Waals surface area contributed by atoms with Crippen molar-refractivity contribution in [3.63, 3.8) is 0 Å². The third-order valence-electron chi connectivity index (χ3n) is 2.60. The Morgan fingerprint density at radius 2 is 2.38 bits per heavy atom. The van der Waals surface area contributed by atoms with Gasteiger partial charge in [-0.3, -0.25) is 4.57 Å². The topological polar surface area (TPSA) is 49.0 Å². The minimum absolute atomic E-state index is 0.239. The van der Waals surface area contributed by atoms with Crippen molar-refractivity contribution in [3.05, 3.63) is 16.3 Å². The number of aromatic nitrogens is 3. The molecule has 0 saturated carbocycles. The number of ether oxygens (including phenoxy) is 1. The molecule has 1 saturated heterocycles. The van der Waals surface area contributed by atoms with Crippen molar-refractivity contribution in [2.24, 2.45) is 7.05 Å². The maximum atomic E-state index is 12.2. The standard InChI is InChI=1S/C9H13F2N3O2/c1-13-8(6-3-2-4-16-6)12-14(9(13)15)5-7(10)11/h6-7H,2-5H2,1H3. The maximum absolute atomic E-state index is 12.2. The lowest BCUT2D eigenvalue weighted by Gasteiger charge is -2.06. The molecule has 2 rings (SSSR count). The summed E-state index contributed by atoms with van der Waals surface area (Å²) in [6, 6.07) is 0. The molecule has 1 unspecified atom stereocenters. The first-order valence-corrected chi connectivity index (χ1v) is 5.13. The summed E-state index contributed by atoms with van der Waals surface area (Å²) in [4.78, 5) is 11.6. The summed E-state index contributed by atoms with van der Waals surface area (Å²) < 4.78 is 31.8. The van der Waals surface area contributed by atoms with Gasteiger partial charge in [0.2, 0.25) is 0 Å². The minimum atomic E-state index is -2.58. The van der Waals surface area contributed by atoms with Crippen molar-refractivity contribution < 1.29 is 13.5 Å². The minimum Gasteiger partial charge on any atom is -0.370 e. The van der Waals surface area contributed by atoms with Gasteiger partial charge in [0, 0.05) is 13.7 Å². The summed E-state index contributed by atoms with van der Waals surface area (Å²) in [7, 11) is 1.52. The Labute approximate surface area is 90.6 Å². The van der Waals surface area contributed by atoms with Gasteiger partial charge in [-0.15, -0.1) is 0 Å². The Balaban J connectivity index is 2.29. The monoisotopic (exact) mass is 233 g/mol. The van der Waals surface area contributed by atoms with E-state index in [1.165, 1.54) is 11.6 Å². The van der Waals surface area contributed by atoms with E-state index in [1.807, 2.05) is 0 Å². The van der Waals surface area contributed by atoms with Crippen LogP contribution in [0.15, 0.2) is 4.79 Å². The van der Waals surface area contributed by atoms with Crippen LogP contribution < -0.4 is 5.69 Å². The van der Waals surface area contributed by atoms with Crippen LogP contribution in [0.3, 0.4) is 0 Å². The lowest BCUT2D eigenvalue weighted by atomic mass is 10.2. The predicted molar refractivity (Wildman–Crippen MR) is 51.4 cm³/mol. The van der Waals surface area contributed by atoms with Crippen molar-refractivity contribution in [1.82, 2.24) is 14.3 Å². The second kappa shape index (κ2) is 4.32. The fourth-order valence-electron chi connectivity index (χ4n) is 1.82. The van der Waals surface area contributed by atoms with Crippen LogP contribution in [0, 0.1) is 0 Å². The first-order chi connectivity index (χ1) is 7.59. The average molecular weight is 233 g/mol. The summed E-state index contributed by atoms with van der Waals surface area (Å²) >= 11 is 0. The molecule has 7 heteroatoms. The number of hydrogen-bond acceptors (Lipinski definition) is 3. The van der Waals surface area contributed by atoms with Gasteiger partial charge in [0.1, 0.15) is 12.6 Å². The Hall–Kier alpha value is -1.24. The molecule has 90 valence electrons. The van der Waals surface area contributed by atoms with Gasteiger partial charge in [-0.1, -0.05) is 0 Å². The second-order valence-corrected chi connectivity index (χ2v) is 3.77. The van der Waals surface area contributed by atoms with E-state index < -0.39 is 18.7 Å². The van der Waals surface area contributed by atoms with Crippen LogP contribution >= 0.6 is 0 Å². The smallest absolute Gasteiger partial charge is 0.345 e. The van der Waals surface area contributed by atoms with Crippen molar-refractivity contribution in [1.29, 1.82) is 0 Å². The molecule has 0 N–H and O–H groups in total. The molecule has 0 spiro atoms. The lowest BCUT2D eigenvalue weighted by molar-refractivity contribution is 0.0997. The lowest BCUT2D eigenvalue weighted by Crippen LogP contribution is -2.26. The molecule has 1 aromatic rings. The van der Waals surface area contributed by atoms with E-state index in [-0.39, 0.29) is 6.10 Å². The van der Waals surface area contributed by atoms with Crippen LogP contribution in [-0.2, 0) is 18.3 Å². The molecular formula is C9H13F2N3O2. The molecule has 1 aromatic heterocycles. The SMILES string of the molecule is Cn1c(C2CCCO2)nn(CC(F)F)c1=O. The molecule has 0 bridgehead atoms.